The van der Waals surface area contributed by atoms with E-state index < -0.39 is 0 Å². The molecule has 5 heteroatoms. The molecule has 0 heterocycles. The van der Waals surface area contributed by atoms with Gasteiger partial charge in [-0.2, -0.15) is 0 Å². The van der Waals surface area contributed by atoms with Gasteiger partial charge in [-0.1, -0.05) is 25.5 Å². The van der Waals surface area contributed by atoms with Crippen molar-refractivity contribution in [2.75, 3.05) is 41.0 Å². The van der Waals surface area contributed by atoms with Crippen LogP contribution in [0.4, 0.5) is 0 Å². The van der Waals surface area contributed by atoms with Gasteiger partial charge in [-0.05, 0) is 18.9 Å². The molecule has 5 nitrogen and oxygen atoms in total. The summed E-state index contributed by atoms with van der Waals surface area (Å²) in [4.78, 5) is 2.25. The molecule has 0 radical (unpaired) electrons. The number of benzene rings is 1. The van der Waals surface area contributed by atoms with Gasteiger partial charge in [0.05, 0.1) is 20.3 Å². The van der Waals surface area contributed by atoms with E-state index in [1.807, 2.05) is 18.2 Å². The topological polar surface area (TPSA) is 51.2 Å². The highest BCUT2D eigenvalue weighted by molar-refractivity contribution is 5.46. The maximum Gasteiger partial charge on any atom is 0.165 e. The Morgan fingerprint density at radius 3 is 2.57 bits per heavy atom. The molecule has 0 aliphatic heterocycles. The third-order valence-corrected chi connectivity index (χ3v) is 3.79. The van der Waals surface area contributed by atoms with E-state index >= 15 is 0 Å². The van der Waals surface area contributed by atoms with Crippen LogP contribution < -0.4 is 9.47 Å². The summed E-state index contributed by atoms with van der Waals surface area (Å²) in [5.74, 6) is 1.49. The average molecular weight is 325 g/mol. The van der Waals surface area contributed by atoms with Crippen molar-refractivity contribution in [2.45, 2.75) is 38.8 Å². The van der Waals surface area contributed by atoms with Crippen molar-refractivity contribution in [3.8, 4) is 11.5 Å². The molecular formula is C18H31NO4. The normalized spacial score (nSPS) is 12.4. The predicted molar refractivity (Wildman–Crippen MR) is 92.2 cm³/mol. The van der Waals surface area contributed by atoms with Gasteiger partial charge in [-0.25, -0.2) is 0 Å². The summed E-state index contributed by atoms with van der Waals surface area (Å²) in [5.41, 5.74) is 1.06. The maximum absolute atomic E-state index is 10.2. The second-order valence-corrected chi connectivity index (χ2v) is 5.68. The summed E-state index contributed by atoms with van der Waals surface area (Å²) < 4.78 is 16.0. The van der Waals surface area contributed by atoms with Crippen LogP contribution in [0, 0.1) is 0 Å². The number of rotatable bonds is 12. The highest BCUT2D eigenvalue weighted by atomic mass is 16.5. The van der Waals surface area contributed by atoms with E-state index in [2.05, 4.69) is 11.8 Å². The fourth-order valence-electron chi connectivity index (χ4n) is 2.71. The third-order valence-electron chi connectivity index (χ3n) is 3.79. The summed E-state index contributed by atoms with van der Waals surface area (Å²) in [6.07, 6.45) is 2.42. The van der Waals surface area contributed by atoms with E-state index in [-0.39, 0.29) is 6.10 Å². The van der Waals surface area contributed by atoms with Crippen molar-refractivity contribution >= 4 is 0 Å². The zero-order chi connectivity index (χ0) is 17.1. The molecule has 0 aliphatic rings. The molecule has 0 fully saturated rings. The van der Waals surface area contributed by atoms with Crippen LogP contribution in [0.25, 0.3) is 0 Å². The number of aliphatic hydroxyl groups is 1. The Kier molecular flexibility index (Phi) is 9.67. The van der Waals surface area contributed by atoms with E-state index in [1.54, 1.807) is 21.3 Å². The Hall–Kier alpha value is -1.30. The van der Waals surface area contributed by atoms with Gasteiger partial charge in [0.2, 0.25) is 0 Å². The maximum atomic E-state index is 10.2. The van der Waals surface area contributed by atoms with Crippen LogP contribution in [0.5, 0.6) is 11.5 Å². The van der Waals surface area contributed by atoms with Crippen molar-refractivity contribution in [2.24, 2.45) is 0 Å². The second kappa shape index (κ2) is 11.3. The molecular weight excluding hydrogens is 294 g/mol. The minimum atomic E-state index is -0.306. The number of hydrogen-bond acceptors (Lipinski definition) is 5. The van der Waals surface area contributed by atoms with Gasteiger partial charge in [0.1, 0.15) is 0 Å². The fraction of sp³-hybridized carbons (Fsp3) is 0.667. The van der Waals surface area contributed by atoms with Crippen LogP contribution in [0.2, 0.25) is 0 Å². The summed E-state index contributed by atoms with van der Waals surface area (Å²) in [6.45, 7) is 5.04. The molecule has 0 aliphatic carbocycles. The van der Waals surface area contributed by atoms with Crippen molar-refractivity contribution < 1.29 is 19.3 Å². The monoisotopic (exact) mass is 325 g/mol. The first-order valence-electron chi connectivity index (χ1n) is 8.25. The van der Waals surface area contributed by atoms with E-state index in [0.29, 0.717) is 13.1 Å². The van der Waals surface area contributed by atoms with E-state index in [9.17, 15) is 5.11 Å². The molecule has 0 saturated heterocycles. The average Bonchev–Trinajstić information content (AvgIpc) is 2.54. The van der Waals surface area contributed by atoms with Gasteiger partial charge in [-0.15, -0.1) is 0 Å². The zero-order valence-electron chi connectivity index (χ0n) is 14.9. The highest BCUT2D eigenvalue weighted by Gasteiger charge is 2.16. The number of nitrogens with zero attached hydrogens (tertiary/aromatic N) is 1. The number of para-hydroxylation sites is 1. The molecule has 1 rings (SSSR count). The van der Waals surface area contributed by atoms with E-state index in [1.165, 1.54) is 0 Å². The SMILES string of the molecule is CCC[C@@H](O)CN(CCCOC)Cc1cccc(OC)c1OC. The number of ether oxygens (including phenoxy) is 3. The molecule has 0 spiro atoms. The number of methoxy groups -OCH3 is 3. The Labute approximate surface area is 140 Å². The van der Waals surface area contributed by atoms with Gasteiger partial charge in [0.25, 0.3) is 0 Å². The molecule has 0 amide bonds. The van der Waals surface area contributed by atoms with Crippen molar-refractivity contribution in [1.29, 1.82) is 0 Å². The van der Waals surface area contributed by atoms with Gasteiger partial charge in [0, 0.05) is 38.9 Å². The molecule has 1 N–H and O–H groups in total. The van der Waals surface area contributed by atoms with Crippen LogP contribution in [0.3, 0.4) is 0 Å². The Morgan fingerprint density at radius 2 is 1.96 bits per heavy atom. The van der Waals surface area contributed by atoms with Crippen LogP contribution in [-0.4, -0.2) is 57.1 Å². The molecule has 0 aromatic heterocycles. The number of aliphatic hydroxyl groups excluding tert-OH is 1. The smallest absolute Gasteiger partial charge is 0.165 e. The lowest BCUT2D eigenvalue weighted by Crippen LogP contribution is -2.33. The summed E-state index contributed by atoms with van der Waals surface area (Å²) in [5, 5.41) is 10.2. The fourth-order valence-corrected chi connectivity index (χ4v) is 2.71. The largest absolute Gasteiger partial charge is 0.493 e. The van der Waals surface area contributed by atoms with Gasteiger partial charge in [-0.3, -0.25) is 4.90 Å². The highest BCUT2D eigenvalue weighted by Crippen LogP contribution is 2.31. The van der Waals surface area contributed by atoms with E-state index in [0.717, 1.165) is 49.5 Å². The quantitative estimate of drug-likeness (QED) is 0.599. The molecule has 1 aromatic rings. The molecule has 1 atom stereocenters. The zero-order valence-corrected chi connectivity index (χ0v) is 14.9. The third kappa shape index (κ3) is 6.77. The lowest BCUT2D eigenvalue weighted by atomic mass is 10.1. The van der Waals surface area contributed by atoms with Gasteiger partial charge >= 0.3 is 0 Å². The lowest BCUT2D eigenvalue weighted by molar-refractivity contribution is 0.0925. The molecule has 23 heavy (non-hydrogen) atoms. The molecule has 0 saturated carbocycles. The van der Waals surface area contributed by atoms with Crippen LogP contribution in [-0.2, 0) is 11.3 Å². The van der Waals surface area contributed by atoms with Crippen molar-refractivity contribution in [3.05, 3.63) is 23.8 Å². The Bertz CT molecular complexity index is 439. The second-order valence-electron chi connectivity index (χ2n) is 5.68. The Morgan fingerprint density at radius 1 is 1.17 bits per heavy atom. The minimum Gasteiger partial charge on any atom is -0.493 e. The van der Waals surface area contributed by atoms with Gasteiger partial charge < -0.3 is 19.3 Å². The van der Waals surface area contributed by atoms with Crippen molar-refractivity contribution in [3.63, 3.8) is 0 Å². The Balaban J connectivity index is 2.82. The lowest BCUT2D eigenvalue weighted by Gasteiger charge is -2.26. The summed E-state index contributed by atoms with van der Waals surface area (Å²) in [6, 6.07) is 5.90. The van der Waals surface area contributed by atoms with Gasteiger partial charge in [0.15, 0.2) is 11.5 Å². The van der Waals surface area contributed by atoms with Crippen LogP contribution in [0.15, 0.2) is 18.2 Å². The first-order valence-corrected chi connectivity index (χ1v) is 8.25. The molecule has 0 unspecified atom stereocenters. The minimum absolute atomic E-state index is 0.306. The standard InChI is InChI=1S/C18H31NO4/c1-5-8-16(20)14-19(11-7-12-21-2)13-15-9-6-10-17(22-3)18(15)23-4/h6,9-10,16,20H,5,7-8,11-14H2,1-4H3/t16-/m1/s1. The molecule has 132 valence electrons. The molecule has 0 bridgehead atoms. The van der Waals surface area contributed by atoms with Crippen molar-refractivity contribution in [1.82, 2.24) is 4.90 Å². The predicted octanol–water partition coefficient (Wildman–Crippen LogP) is 2.70. The summed E-state index contributed by atoms with van der Waals surface area (Å²) >= 11 is 0. The first kappa shape index (κ1) is 19.7. The van der Waals surface area contributed by atoms with Crippen LogP contribution >= 0.6 is 0 Å². The van der Waals surface area contributed by atoms with E-state index in [4.69, 9.17) is 14.2 Å². The van der Waals surface area contributed by atoms with Crippen LogP contribution in [0.1, 0.15) is 31.7 Å². The number of hydrogen-bond donors (Lipinski definition) is 1. The summed E-state index contributed by atoms with van der Waals surface area (Å²) in [7, 11) is 5.01. The molecule has 1 aromatic carbocycles. The first-order chi connectivity index (χ1) is 11.2.